The summed E-state index contributed by atoms with van der Waals surface area (Å²) in [6.45, 7) is 1.39. The van der Waals surface area contributed by atoms with Gasteiger partial charge in [0.25, 0.3) is 0 Å². The SMILES string of the molecule is CC(=O)Oc1cccc2c(CBr)nccc12. The summed E-state index contributed by atoms with van der Waals surface area (Å²) >= 11 is 3.38. The van der Waals surface area contributed by atoms with E-state index in [9.17, 15) is 4.79 Å². The fraction of sp³-hybridized carbons (Fsp3) is 0.167. The molecule has 0 atom stereocenters. The third kappa shape index (κ3) is 2.07. The molecule has 2 rings (SSSR count). The molecule has 0 saturated heterocycles. The first-order valence-electron chi connectivity index (χ1n) is 4.83. The molecule has 1 heterocycles. The summed E-state index contributed by atoms with van der Waals surface area (Å²) in [5, 5.41) is 2.58. The maximum absolute atomic E-state index is 11.0. The molecule has 0 N–H and O–H groups in total. The van der Waals surface area contributed by atoms with Gasteiger partial charge in [0, 0.05) is 29.2 Å². The normalized spacial score (nSPS) is 10.4. The van der Waals surface area contributed by atoms with E-state index < -0.39 is 0 Å². The Balaban J connectivity index is 2.64. The predicted molar refractivity (Wildman–Crippen MR) is 65.7 cm³/mol. The monoisotopic (exact) mass is 279 g/mol. The van der Waals surface area contributed by atoms with E-state index in [2.05, 4.69) is 20.9 Å². The molecule has 0 bridgehead atoms. The van der Waals surface area contributed by atoms with Crippen molar-refractivity contribution in [2.75, 3.05) is 0 Å². The van der Waals surface area contributed by atoms with Crippen LogP contribution in [0.2, 0.25) is 0 Å². The summed E-state index contributed by atoms with van der Waals surface area (Å²) in [7, 11) is 0. The van der Waals surface area contributed by atoms with Crippen molar-refractivity contribution in [3.63, 3.8) is 0 Å². The summed E-state index contributed by atoms with van der Waals surface area (Å²) in [6, 6.07) is 7.45. The van der Waals surface area contributed by atoms with Crippen molar-refractivity contribution < 1.29 is 9.53 Å². The first-order chi connectivity index (χ1) is 7.72. The van der Waals surface area contributed by atoms with E-state index in [1.165, 1.54) is 6.92 Å². The standard InChI is InChI=1S/C12H10BrNO2/c1-8(15)16-12-4-2-3-9-10(12)5-6-14-11(9)7-13/h2-6H,7H2,1H3. The zero-order valence-electron chi connectivity index (χ0n) is 8.74. The zero-order valence-corrected chi connectivity index (χ0v) is 10.3. The van der Waals surface area contributed by atoms with Gasteiger partial charge in [-0.05, 0) is 12.1 Å². The molecule has 2 aromatic rings. The second kappa shape index (κ2) is 4.61. The Labute approximate surface area is 102 Å². The molecule has 82 valence electrons. The molecule has 1 aromatic carbocycles. The number of benzene rings is 1. The van der Waals surface area contributed by atoms with Crippen LogP contribution < -0.4 is 4.74 Å². The number of fused-ring (bicyclic) bond motifs is 1. The van der Waals surface area contributed by atoms with Crippen molar-refractivity contribution in [1.82, 2.24) is 4.98 Å². The van der Waals surface area contributed by atoms with Gasteiger partial charge in [0.15, 0.2) is 0 Å². The fourth-order valence-electron chi connectivity index (χ4n) is 1.59. The van der Waals surface area contributed by atoms with E-state index in [0.29, 0.717) is 11.1 Å². The van der Waals surface area contributed by atoms with Crippen LogP contribution in [0.15, 0.2) is 30.5 Å². The van der Waals surface area contributed by atoms with Crippen molar-refractivity contribution in [1.29, 1.82) is 0 Å². The largest absolute Gasteiger partial charge is 0.426 e. The number of ether oxygens (including phenoxy) is 1. The summed E-state index contributed by atoms with van der Waals surface area (Å²) in [5.41, 5.74) is 0.937. The first-order valence-corrected chi connectivity index (χ1v) is 5.95. The molecular formula is C12H10BrNO2. The van der Waals surface area contributed by atoms with Gasteiger partial charge in [-0.15, -0.1) is 0 Å². The highest BCUT2D eigenvalue weighted by Gasteiger charge is 2.07. The molecule has 0 spiro atoms. The zero-order chi connectivity index (χ0) is 11.5. The van der Waals surface area contributed by atoms with Crippen LogP contribution in [-0.4, -0.2) is 11.0 Å². The lowest BCUT2D eigenvalue weighted by Crippen LogP contribution is -2.02. The number of carbonyl (C=O) groups excluding carboxylic acids is 1. The van der Waals surface area contributed by atoms with Gasteiger partial charge in [-0.2, -0.15) is 0 Å². The summed E-state index contributed by atoms with van der Waals surface area (Å²) < 4.78 is 5.14. The molecule has 0 aliphatic rings. The smallest absolute Gasteiger partial charge is 0.308 e. The Kier molecular flexibility index (Phi) is 3.19. The third-order valence-corrected chi connectivity index (χ3v) is 2.76. The van der Waals surface area contributed by atoms with Crippen LogP contribution in [0.4, 0.5) is 0 Å². The molecule has 4 heteroatoms. The maximum atomic E-state index is 11.0. The number of carbonyl (C=O) groups is 1. The number of esters is 1. The van der Waals surface area contributed by atoms with Gasteiger partial charge in [-0.1, -0.05) is 28.1 Å². The molecular weight excluding hydrogens is 270 g/mol. The molecule has 1 aromatic heterocycles. The van der Waals surface area contributed by atoms with Gasteiger partial charge in [0.1, 0.15) is 5.75 Å². The van der Waals surface area contributed by atoms with E-state index >= 15 is 0 Å². The van der Waals surface area contributed by atoms with Gasteiger partial charge in [0.05, 0.1) is 5.69 Å². The minimum atomic E-state index is -0.315. The number of alkyl halides is 1. The lowest BCUT2D eigenvalue weighted by molar-refractivity contribution is -0.131. The average molecular weight is 280 g/mol. The van der Waals surface area contributed by atoms with Crippen molar-refractivity contribution in [2.45, 2.75) is 12.3 Å². The van der Waals surface area contributed by atoms with Crippen LogP contribution in [0.3, 0.4) is 0 Å². The van der Waals surface area contributed by atoms with E-state index in [1.807, 2.05) is 18.2 Å². The predicted octanol–water partition coefficient (Wildman–Crippen LogP) is 3.06. The molecule has 3 nitrogen and oxygen atoms in total. The average Bonchev–Trinajstić information content (AvgIpc) is 2.28. The first kappa shape index (κ1) is 11.1. The van der Waals surface area contributed by atoms with Crippen molar-refractivity contribution in [3.05, 3.63) is 36.2 Å². The number of nitrogens with zero attached hydrogens (tertiary/aromatic N) is 1. The Bertz CT molecular complexity index is 540. The van der Waals surface area contributed by atoms with Crippen LogP contribution in [0.25, 0.3) is 10.8 Å². The quantitative estimate of drug-likeness (QED) is 0.482. The number of aromatic nitrogens is 1. The maximum Gasteiger partial charge on any atom is 0.308 e. The highest BCUT2D eigenvalue weighted by atomic mass is 79.9. The second-order valence-electron chi connectivity index (χ2n) is 3.34. The summed E-state index contributed by atoms with van der Waals surface area (Å²) in [6.07, 6.45) is 1.71. The van der Waals surface area contributed by atoms with Crippen LogP contribution in [-0.2, 0) is 10.1 Å². The lowest BCUT2D eigenvalue weighted by Gasteiger charge is -2.07. The van der Waals surface area contributed by atoms with Crippen LogP contribution in [0.1, 0.15) is 12.6 Å². The molecule has 0 amide bonds. The van der Waals surface area contributed by atoms with Gasteiger partial charge in [-0.25, -0.2) is 0 Å². The van der Waals surface area contributed by atoms with Crippen molar-refractivity contribution in [2.24, 2.45) is 0 Å². The summed E-state index contributed by atoms with van der Waals surface area (Å²) in [4.78, 5) is 15.2. The Morgan fingerprint density at radius 3 is 2.88 bits per heavy atom. The number of pyridine rings is 1. The molecule has 0 radical (unpaired) electrons. The molecule has 16 heavy (non-hydrogen) atoms. The van der Waals surface area contributed by atoms with Crippen LogP contribution >= 0.6 is 15.9 Å². The van der Waals surface area contributed by atoms with Gasteiger partial charge in [0.2, 0.25) is 0 Å². The van der Waals surface area contributed by atoms with E-state index in [4.69, 9.17) is 4.74 Å². The van der Waals surface area contributed by atoms with Crippen LogP contribution in [0.5, 0.6) is 5.75 Å². The number of hydrogen-bond acceptors (Lipinski definition) is 3. The van der Waals surface area contributed by atoms with Gasteiger partial charge >= 0.3 is 5.97 Å². The number of rotatable bonds is 2. The van der Waals surface area contributed by atoms with E-state index in [1.54, 1.807) is 12.3 Å². The lowest BCUT2D eigenvalue weighted by atomic mass is 10.1. The number of hydrogen-bond donors (Lipinski definition) is 0. The van der Waals surface area contributed by atoms with E-state index in [-0.39, 0.29) is 5.97 Å². The third-order valence-electron chi connectivity index (χ3n) is 2.23. The molecule has 0 saturated carbocycles. The highest BCUT2D eigenvalue weighted by molar-refractivity contribution is 9.08. The molecule has 0 aliphatic heterocycles. The number of halogens is 1. The fourth-order valence-corrected chi connectivity index (χ4v) is 2.04. The highest BCUT2D eigenvalue weighted by Crippen LogP contribution is 2.27. The molecule has 0 unspecified atom stereocenters. The van der Waals surface area contributed by atoms with Crippen molar-refractivity contribution >= 4 is 32.7 Å². The van der Waals surface area contributed by atoms with E-state index in [0.717, 1.165) is 16.5 Å². The van der Waals surface area contributed by atoms with Gasteiger partial charge < -0.3 is 4.74 Å². The summed E-state index contributed by atoms with van der Waals surface area (Å²) in [5.74, 6) is 0.263. The Hall–Kier alpha value is -1.42. The Morgan fingerprint density at radius 1 is 1.38 bits per heavy atom. The van der Waals surface area contributed by atoms with Gasteiger partial charge in [-0.3, -0.25) is 9.78 Å². The molecule has 0 aliphatic carbocycles. The second-order valence-corrected chi connectivity index (χ2v) is 3.90. The Morgan fingerprint density at radius 2 is 2.19 bits per heavy atom. The van der Waals surface area contributed by atoms with Crippen molar-refractivity contribution in [3.8, 4) is 5.75 Å². The minimum Gasteiger partial charge on any atom is -0.426 e. The van der Waals surface area contributed by atoms with Crippen LogP contribution in [0, 0.1) is 0 Å². The molecule has 0 fully saturated rings. The topological polar surface area (TPSA) is 39.2 Å². The minimum absolute atomic E-state index is 0.315.